The van der Waals surface area contributed by atoms with Crippen LogP contribution in [0.15, 0.2) is 24.3 Å². The van der Waals surface area contributed by atoms with Gasteiger partial charge in [0.05, 0.1) is 5.56 Å². The summed E-state index contributed by atoms with van der Waals surface area (Å²) < 4.78 is 0. The fourth-order valence-electron chi connectivity index (χ4n) is 2.10. The molecule has 1 aromatic carbocycles. The molecule has 0 aliphatic heterocycles. The standard InChI is InChI=1S/C15H17NOS/c1-9-5-10(2)7-13(6-9)16-15(17)14-8-11(3)18-12(14)4/h5-8H,1-4H3,(H,16,17). The molecule has 0 fully saturated rings. The predicted octanol–water partition coefficient (Wildman–Crippen LogP) is 4.23. The Bertz CT molecular complexity index is 578. The zero-order chi connectivity index (χ0) is 13.3. The van der Waals surface area contributed by atoms with Gasteiger partial charge in [0.15, 0.2) is 0 Å². The van der Waals surface area contributed by atoms with Crippen LogP contribution in [-0.2, 0) is 0 Å². The first-order valence-electron chi connectivity index (χ1n) is 5.92. The molecule has 0 radical (unpaired) electrons. The summed E-state index contributed by atoms with van der Waals surface area (Å²) in [5, 5.41) is 2.96. The van der Waals surface area contributed by atoms with Crippen molar-refractivity contribution >= 4 is 22.9 Å². The van der Waals surface area contributed by atoms with Gasteiger partial charge < -0.3 is 5.32 Å². The molecule has 0 aliphatic carbocycles. The predicted molar refractivity (Wildman–Crippen MR) is 77.7 cm³/mol. The van der Waals surface area contributed by atoms with Crippen LogP contribution in [0.2, 0.25) is 0 Å². The Hall–Kier alpha value is -1.61. The van der Waals surface area contributed by atoms with E-state index in [2.05, 4.69) is 11.4 Å². The van der Waals surface area contributed by atoms with Gasteiger partial charge in [-0.1, -0.05) is 6.07 Å². The number of carbonyl (C=O) groups excluding carboxylic acids is 1. The Balaban J connectivity index is 2.23. The molecule has 0 unspecified atom stereocenters. The van der Waals surface area contributed by atoms with Crippen LogP contribution in [-0.4, -0.2) is 5.91 Å². The van der Waals surface area contributed by atoms with Crippen molar-refractivity contribution in [2.24, 2.45) is 0 Å². The van der Waals surface area contributed by atoms with E-state index in [4.69, 9.17) is 0 Å². The molecule has 1 N–H and O–H groups in total. The topological polar surface area (TPSA) is 29.1 Å². The molecule has 2 aromatic rings. The lowest BCUT2D eigenvalue weighted by Gasteiger charge is -2.07. The smallest absolute Gasteiger partial charge is 0.256 e. The van der Waals surface area contributed by atoms with E-state index in [1.807, 2.05) is 45.9 Å². The number of rotatable bonds is 2. The first kappa shape index (κ1) is 12.8. The molecule has 1 aromatic heterocycles. The SMILES string of the molecule is Cc1cc(C)cc(NC(=O)c2cc(C)sc2C)c1. The molecule has 0 saturated carbocycles. The second-order valence-electron chi connectivity index (χ2n) is 4.66. The van der Waals surface area contributed by atoms with Gasteiger partial charge in [-0.2, -0.15) is 0 Å². The average molecular weight is 259 g/mol. The van der Waals surface area contributed by atoms with E-state index in [0.717, 1.165) is 32.1 Å². The van der Waals surface area contributed by atoms with Gasteiger partial charge in [0.2, 0.25) is 0 Å². The molecule has 0 bridgehead atoms. The number of benzene rings is 1. The summed E-state index contributed by atoms with van der Waals surface area (Å²) in [4.78, 5) is 14.4. The second kappa shape index (κ2) is 4.94. The van der Waals surface area contributed by atoms with Crippen molar-refractivity contribution in [2.45, 2.75) is 27.7 Å². The fraction of sp³-hybridized carbons (Fsp3) is 0.267. The van der Waals surface area contributed by atoms with Crippen molar-refractivity contribution < 1.29 is 4.79 Å². The quantitative estimate of drug-likeness (QED) is 0.859. The molecule has 0 spiro atoms. The third-order valence-corrected chi connectivity index (χ3v) is 3.73. The highest BCUT2D eigenvalue weighted by Crippen LogP contribution is 2.22. The van der Waals surface area contributed by atoms with Gasteiger partial charge in [0, 0.05) is 15.4 Å². The van der Waals surface area contributed by atoms with E-state index in [0.29, 0.717) is 0 Å². The Morgan fingerprint density at radius 3 is 2.11 bits per heavy atom. The molecule has 2 rings (SSSR count). The lowest BCUT2D eigenvalue weighted by Crippen LogP contribution is -2.12. The molecule has 2 nitrogen and oxygen atoms in total. The van der Waals surface area contributed by atoms with Crippen LogP contribution in [0.5, 0.6) is 0 Å². The molecular formula is C15H17NOS. The number of carbonyl (C=O) groups is 1. The van der Waals surface area contributed by atoms with E-state index in [1.165, 1.54) is 0 Å². The molecular weight excluding hydrogens is 242 g/mol. The molecule has 0 saturated heterocycles. The van der Waals surface area contributed by atoms with E-state index in [1.54, 1.807) is 11.3 Å². The molecule has 1 amide bonds. The normalized spacial score (nSPS) is 10.4. The van der Waals surface area contributed by atoms with Gasteiger partial charge in [-0.3, -0.25) is 4.79 Å². The van der Waals surface area contributed by atoms with Crippen molar-refractivity contribution in [3.05, 3.63) is 50.7 Å². The van der Waals surface area contributed by atoms with Crippen LogP contribution >= 0.6 is 11.3 Å². The zero-order valence-electron chi connectivity index (χ0n) is 11.1. The number of nitrogens with one attached hydrogen (secondary N) is 1. The summed E-state index contributed by atoms with van der Waals surface area (Å²) in [6.45, 7) is 8.06. The molecule has 0 atom stereocenters. The van der Waals surface area contributed by atoms with Crippen LogP contribution < -0.4 is 5.32 Å². The third-order valence-electron chi connectivity index (χ3n) is 2.77. The number of hydrogen-bond acceptors (Lipinski definition) is 2. The Morgan fingerprint density at radius 2 is 1.61 bits per heavy atom. The Labute approximate surface area is 112 Å². The van der Waals surface area contributed by atoms with Gasteiger partial charge in [0.1, 0.15) is 0 Å². The minimum Gasteiger partial charge on any atom is -0.322 e. The maximum Gasteiger partial charge on any atom is 0.256 e. The number of anilines is 1. The van der Waals surface area contributed by atoms with E-state index in [-0.39, 0.29) is 5.91 Å². The first-order chi connectivity index (χ1) is 8.45. The maximum absolute atomic E-state index is 12.2. The number of amides is 1. The fourth-order valence-corrected chi connectivity index (χ4v) is 3.02. The third kappa shape index (κ3) is 2.79. The van der Waals surface area contributed by atoms with Crippen LogP contribution in [0.25, 0.3) is 0 Å². The van der Waals surface area contributed by atoms with Gasteiger partial charge >= 0.3 is 0 Å². The van der Waals surface area contributed by atoms with Crippen molar-refractivity contribution in [1.82, 2.24) is 0 Å². The van der Waals surface area contributed by atoms with E-state index >= 15 is 0 Å². The molecule has 0 aliphatic rings. The van der Waals surface area contributed by atoms with Crippen LogP contribution in [0.1, 0.15) is 31.2 Å². The minimum atomic E-state index is -0.0261. The highest BCUT2D eigenvalue weighted by molar-refractivity contribution is 7.12. The van der Waals surface area contributed by atoms with Crippen molar-refractivity contribution in [3.8, 4) is 0 Å². The van der Waals surface area contributed by atoms with Crippen molar-refractivity contribution in [2.75, 3.05) is 5.32 Å². The van der Waals surface area contributed by atoms with Gasteiger partial charge in [-0.25, -0.2) is 0 Å². The summed E-state index contributed by atoms with van der Waals surface area (Å²) in [6, 6.07) is 8.01. The second-order valence-corrected chi connectivity index (χ2v) is 6.12. The summed E-state index contributed by atoms with van der Waals surface area (Å²) in [6.07, 6.45) is 0. The Kier molecular flexibility index (Phi) is 3.53. The average Bonchev–Trinajstić information content (AvgIpc) is 2.56. The van der Waals surface area contributed by atoms with Crippen molar-refractivity contribution in [3.63, 3.8) is 0 Å². The lowest BCUT2D eigenvalue weighted by atomic mass is 10.1. The molecule has 94 valence electrons. The molecule has 3 heteroatoms. The molecule has 18 heavy (non-hydrogen) atoms. The van der Waals surface area contributed by atoms with Gasteiger partial charge in [-0.15, -0.1) is 11.3 Å². The number of aryl methyl sites for hydroxylation is 4. The van der Waals surface area contributed by atoms with Crippen LogP contribution in [0.4, 0.5) is 5.69 Å². The lowest BCUT2D eigenvalue weighted by molar-refractivity contribution is 0.102. The highest BCUT2D eigenvalue weighted by Gasteiger charge is 2.12. The summed E-state index contributed by atoms with van der Waals surface area (Å²) in [7, 11) is 0. The van der Waals surface area contributed by atoms with Crippen molar-refractivity contribution in [1.29, 1.82) is 0 Å². The van der Waals surface area contributed by atoms with Gasteiger partial charge in [-0.05, 0) is 57.0 Å². The summed E-state index contributed by atoms with van der Waals surface area (Å²) >= 11 is 1.65. The van der Waals surface area contributed by atoms with Crippen LogP contribution in [0.3, 0.4) is 0 Å². The highest BCUT2D eigenvalue weighted by atomic mass is 32.1. The monoisotopic (exact) mass is 259 g/mol. The summed E-state index contributed by atoms with van der Waals surface area (Å²) in [5.41, 5.74) is 3.95. The first-order valence-corrected chi connectivity index (χ1v) is 6.74. The number of hydrogen-bond donors (Lipinski definition) is 1. The van der Waals surface area contributed by atoms with E-state index < -0.39 is 0 Å². The van der Waals surface area contributed by atoms with Gasteiger partial charge in [0.25, 0.3) is 5.91 Å². The molecule has 1 heterocycles. The van der Waals surface area contributed by atoms with E-state index in [9.17, 15) is 4.79 Å². The summed E-state index contributed by atoms with van der Waals surface area (Å²) in [5.74, 6) is -0.0261. The van der Waals surface area contributed by atoms with Crippen LogP contribution in [0, 0.1) is 27.7 Å². The number of thiophene rings is 1. The largest absolute Gasteiger partial charge is 0.322 e. The maximum atomic E-state index is 12.2. The minimum absolute atomic E-state index is 0.0261. The zero-order valence-corrected chi connectivity index (χ0v) is 11.9. The Morgan fingerprint density at radius 1 is 1.00 bits per heavy atom.